The van der Waals surface area contributed by atoms with Crippen molar-refractivity contribution in [1.29, 1.82) is 0 Å². The Morgan fingerprint density at radius 1 is 0.917 bits per heavy atom. The third-order valence-corrected chi connectivity index (χ3v) is 4.83. The molecule has 126 valence electrons. The van der Waals surface area contributed by atoms with Crippen LogP contribution in [0.2, 0.25) is 10.0 Å². The summed E-state index contributed by atoms with van der Waals surface area (Å²) >= 11 is 12.3. The van der Waals surface area contributed by atoms with Gasteiger partial charge in [0.25, 0.3) is 0 Å². The highest BCUT2D eigenvalue weighted by Crippen LogP contribution is 2.23. The van der Waals surface area contributed by atoms with Crippen molar-refractivity contribution in [1.82, 2.24) is 9.80 Å². The lowest BCUT2D eigenvalue weighted by Crippen LogP contribution is -2.32. The molecule has 1 fully saturated rings. The Labute approximate surface area is 154 Å². The van der Waals surface area contributed by atoms with Crippen molar-refractivity contribution in [2.24, 2.45) is 0 Å². The molecule has 0 atom stereocenters. The summed E-state index contributed by atoms with van der Waals surface area (Å²) in [5.41, 5.74) is 2.37. The van der Waals surface area contributed by atoms with Crippen molar-refractivity contribution in [2.75, 3.05) is 13.1 Å². The summed E-state index contributed by atoms with van der Waals surface area (Å²) in [5.74, 6) is 1.08. The molecule has 0 bridgehead atoms. The molecule has 0 N–H and O–H groups in total. The van der Waals surface area contributed by atoms with E-state index in [-0.39, 0.29) is 0 Å². The second-order valence-corrected chi connectivity index (χ2v) is 7.10. The highest BCUT2D eigenvalue weighted by molar-refractivity contribution is 6.30. The SMILES string of the molecule is C=C(N1CCCC1)N(Cc1cccc(Cl)c1)Cc1cccc(Cl)c1. The van der Waals surface area contributed by atoms with Gasteiger partial charge in [0.1, 0.15) is 0 Å². The van der Waals surface area contributed by atoms with Gasteiger partial charge >= 0.3 is 0 Å². The highest BCUT2D eigenvalue weighted by atomic mass is 35.5. The maximum absolute atomic E-state index is 6.15. The fourth-order valence-electron chi connectivity index (χ4n) is 3.13. The Balaban J connectivity index is 1.80. The lowest BCUT2D eigenvalue weighted by Gasteiger charge is -2.33. The minimum absolute atomic E-state index is 0.766. The Bertz CT molecular complexity index is 661. The first-order valence-corrected chi connectivity index (χ1v) is 9.05. The van der Waals surface area contributed by atoms with Crippen LogP contribution in [0, 0.1) is 0 Å². The third kappa shape index (κ3) is 4.46. The van der Waals surface area contributed by atoms with Crippen molar-refractivity contribution in [3.8, 4) is 0 Å². The number of likely N-dealkylation sites (tertiary alicyclic amines) is 1. The van der Waals surface area contributed by atoms with E-state index in [1.165, 1.54) is 24.0 Å². The summed E-state index contributed by atoms with van der Waals surface area (Å²) in [4.78, 5) is 4.68. The largest absolute Gasteiger partial charge is 0.359 e. The van der Waals surface area contributed by atoms with Gasteiger partial charge < -0.3 is 9.80 Å². The van der Waals surface area contributed by atoms with E-state index in [9.17, 15) is 0 Å². The summed E-state index contributed by atoms with van der Waals surface area (Å²) in [6.45, 7) is 8.09. The summed E-state index contributed by atoms with van der Waals surface area (Å²) in [6, 6.07) is 16.0. The predicted molar refractivity (Wildman–Crippen MR) is 102 cm³/mol. The van der Waals surface area contributed by atoms with Gasteiger partial charge in [0, 0.05) is 36.2 Å². The molecule has 0 saturated carbocycles. The minimum Gasteiger partial charge on any atom is -0.359 e. The molecular formula is C20H22Cl2N2. The molecule has 2 aromatic carbocycles. The van der Waals surface area contributed by atoms with Crippen LogP contribution in [0.15, 0.2) is 60.9 Å². The quantitative estimate of drug-likeness (QED) is 0.664. The number of benzene rings is 2. The van der Waals surface area contributed by atoms with E-state index >= 15 is 0 Å². The topological polar surface area (TPSA) is 6.48 Å². The first-order chi connectivity index (χ1) is 11.6. The average Bonchev–Trinajstić information content (AvgIpc) is 3.08. The van der Waals surface area contributed by atoms with Gasteiger partial charge in [0.15, 0.2) is 0 Å². The van der Waals surface area contributed by atoms with Gasteiger partial charge in [-0.25, -0.2) is 0 Å². The second kappa shape index (κ2) is 7.96. The number of nitrogens with zero attached hydrogens (tertiary/aromatic N) is 2. The number of hydrogen-bond donors (Lipinski definition) is 0. The van der Waals surface area contributed by atoms with Crippen molar-refractivity contribution < 1.29 is 0 Å². The molecular weight excluding hydrogens is 339 g/mol. The highest BCUT2D eigenvalue weighted by Gasteiger charge is 2.19. The van der Waals surface area contributed by atoms with Gasteiger partial charge in [0.05, 0.1) is 5.82 Å². The van der Waals surface area contributed by atoms with Crippen LogP contribution in [0.1, 0.15) is 24.0 Å². The fraction of sp³-hybridized carbons (Fsp3) is 0.300. The molecule has 2 aromatic rings. The molecule has 0 radical (unpaired) electrons. The van der Waals surface area contributed by atoms with E-state index in [2.05, 4.69) is 28.5 Å². The van der Waals surface area contributed by atoms with Gasteiger partial charge in [-0.05, 0) is 48.2 Å². The van der Waals surface area contributed by atoms with Crippen molar-refractivity contribution in [3.05, 3.63) is 82.1 Å². The number of hydrogen-bond acceptors (Lipinski definition) is 2. The van der Waals surface area contributed by atoms with Crippen LogP contribution in [-0.2, 0) is 13.1 Å². The number of halogens is 2. The van der Waals surface area contributed by atoms with Crippen molar-refractivity contribution in [2.45, 2.75) is 25.9 Å². The Morgan fingerprint density at radius 2 is 1.42 bits per heavy atom. The molecule has 2 nitrogen and oxygen atoms in total. The first kappa shape index (κ1) is 17.2. The zero-order chi connectivity index (χ0) is 16.9. The predicted octanol–water partition coefficient (Wildman–Crippen LogP) is 5.56. The summed E-state index contributed by atoms with van der Waals surface area (Å²) < 4.78 is 0. The fourth-order valence-corrected chi connectivity index (χ4v) is 3.55. The van der Waals surface area contributed by atoms with Gasteiger partial charge in [-0.15, -0.1) is 0 Å². The smallest absolute Gasteiger partial charge is 0.0971 e. The Kier molecular flexibility index (Phi) is 5.70. The lowest BCUT2D eigenvalue weighted by atomic mass is 10.1. The molecule has 1 saturated heterocycles. The molecule has 4 heteroatoms. The zero-order valence-electron chi connectivity index (χ0n) is 13.7. The van der Waals surface area contributed by atoms with Crippen LogP contribution in [0.3, 0.4) is 0 Å². The van der Waals surface area contributed by atoms with Crippen LogP contribution in [0.25, 0.3) is 0 Å². The van der Waals surface area contributed by atoms with Gasteiger partial charge in [-0.1, -0.05) is 54.0 Å². The first-order valence-electron chi connectivity index (χ1n) is 8.29. The van der Waals surface area contributed by atoms with Crippen LogP contribution in [0.4, 0.5) is 0 Å². The Morgan fingerprint density at radius 3 is 1.88 bits per heavy atom. The molecule has 1 heterocycles. The number of rotatable bonds is 6. The molecule has 1 aliphatic heterocycles. The molecule has 3 rings (SSSR count). The third-order valence-electron chi connectivity index (χ3n) is 4.36. The normalized spacial score (nSPS) is 14.0. The van der Waals surface area contributed by atoms with Crippen molar-refractivity contribution >= 4 is 23.2 Å². The molecule has 0 aliphatic carbocycles. The minimum atomic E-state index is 0.766. The van der Waals surface area contributed by atoms with Gasteiger partial charge in [-0.2, -0.15) is 0 Å². The van der Waals surface area contributed by atoms with Gasteiger partial charge in [-0.3, -0.25) is 0 Å². The zero-order valence-corrected chi connectivity index (χ0v) is 15.2. The van der Waals surface area contributed by atoms with E-state index in [0.29, 0.717) is 0 Å². The van der Waals surface area contributed by atoms with E-state index in [1.807, 2.05) is 36.4 Å². The van der Waals surface area contributed by atoms with Crippen LogP contribution in [-0.4, -0.2) is 22.9 Å². The van der Waals surface area contributed by atoms with E-state index in [0.717, 1.165) is 42.0 Å². The lowest BCUT2D eigenvalue weighted by molar-refractivity contribution is 0.223. The monoisotopic (exact) mass is 360 g/mol. The maximum atomic E-state index is 6.15. The van der Waals surface area contributed by atoms with Crippen LogP contribution in [0.5, 0.6) is 0 Å². The Hall–Kier alpha value is -1.64. The van der Waals surface area contributed by atoms with E-state index < -0.39 is 0 Å². The van der Waals surface area contributed by atoms with Crippen LogP contribution >= 0.6 is 23.2 Å². The summed E-state index contributed by atoms with van der Waals surface area (Å²) in [5, 5.41) is 1.53. The van der Waals surface area contributed by atoms with Crippen LogP contribution < -0.4 is 0 Å². The molecule has 0 unspecified atom stereocenters. The summed E-state index contributed by atoms with van der Waals surface area (Å²) in [7, 11) is 0. The standard InChI is InChI=1S/C20H22Cl2N2/c1-16(23-10-2-3-11-23)24(14-17-6-4-8-19(21)12-17)15-18-7-5-9-20(22)13-18/h4-9,12-13H,1-3,10-11,14-15H2. The maximum Gasteiger partial charge on any atom is 0.0971 e. The van der Waals surface area contributed by atoms with Crippen molar-refractivity contribution in [3.63, 3.8) is 0 Å². The van der Waals surface area contributed by atoms with E-state index in [1.54, 1.807) is 0 Å². The second-order valence-electron chi connectivity index (χ2n) is 6.23. The molecule has 0 aromatic heterocycles. The molecule has 1 aliphatic rings. The molecule has 0 amide bonds. The molecule has 24 heavy (non-hydrogen) atoms. The van der Waals surface area contributed by atoms with Gasteiger partial charge in [0.2, 0.25) is 0 Å². The average molecular weight is 361 g/mol. The van der Waals surface area contributed by atoms with E-state index in [4.69, 9.17) is 23.2 Å². The molecule has 0 spiro atoms. The summed E-state index contributed by atoms with van der Waals surface area (Å²) in [6.07, 6.45) is 2.47.